The minimum absolute atomic E-state index is 0.0388. The van der Waals surface area contributed by atoms with Crippen molar-refractivity contribution in [3.8, 4) is 11.5 Å². The number of ether oxygens (including phenoxy) is 3. The van der Waals surface area contributed by atoms with Crippen LogP contribution in [0.2, 0.25) is 0 Å². The molecule has 2 aromatic rings. The Bertz CT molecular complexity index is 911. The number of esters is 1. The van der Waals surface area contributed by atoms with E-state index < -0.39 is 5.97 Å². The first-order valence-corrected chi connectivity index (χ1v) is 9.93. The summed E-state index contributed by atoms with van der Waals surface area (Å²) in [7, 11) is 4.93. The summed E-state index contributed by atoms with van der Waals surface area (Å²) in [5, 5.41) is 6.88. The molecule has 0 aliphatic carbocycles. The maximum Gasteiger partial charge on any atom is 0.343 e. The topological polar surface area (TPSA) is 94.9 Å². The average Bonchev–Trinajstić information content (AvgIpc) is 3.34. The molecule has 9 heteroatoms. The van der Waals surface area contributed by atoms with Crippen molar-refractivity contribution in [2.45, 2.75) is 25.8 Å². The number of benzene rings is 1. The van der Waals surface area contributed by atoms with Gasteiger partial charge in [0.1, 0.15) is 22.9 Å². The fourth-order valence-corrected chi connectivity index (χ4v) is 3.77. The first-order valence-electron chi connectivity index (χ1n) is 9.93. The standard InChI is InChI=1S/C21H28N4O5/c1-5-30-21(27)16-12-22-24(2)20(16)23-19(26)13-25-10-6-7-17(25)15-11-14(28-3)8-9-18(15)29-4/h8-9,11-12,17H,5-7,10,13H2,1-4H3,(H,23,26). The number of hydrogen-bond donors (Lipinski definition) is 1. The molecule has 1 aromatic heterocycles. The Hall–Kier alpha value is -3.07. The fraction of sp³-hybridized carbons (Fsp3) is 0.476. The van der Waals surface area contributed by atoms with Crippen LogP contribution < -0.4 is 14.8 Å². The second-order valence-corrected chi connectivity index (χ2v) is 7.04. The molecule has 0 radical (unpaired) electrons. The van der Waals surface area contributed by atoms with Crippen LogP contribution in [0.5, 0.6) is 11.5 Å². The van der Waals surface area contributed by atoms with E-state index in [2.05, 4.69) is 15.3 Å². The Morgan fingerprint density at radius 1 is 1.27 bits per heavy atom. The molecule has 2 heterocycles. The van der Waals surface area contributed by atoms with Gasteiger partial charge in [-0.25, -0.2) is 4.79 Å². The molecule has 162 valence electrons. The number of amides is 1. The van der Waals surface area contributed by atoms with Crippen molar-refractivity contribution >= 4 is 17.7 Å². The Morgan fingerprint density at radius 2 is 2.07 bits per heavy atom. The van der Waals surface area contributed by atoms with Crippen molar-refractivity contribution in [1.29, 1.82) is 0 Å². The number of carbonyl (C=O) groups excluding carboxylic acids is 2. The smallest absolute Gasteiger partial charge is 0.343 e. The van der Waals surface area contributed by atoms with E-state index in [1.54, 1.807) is 28.2 Å². The van der Waals surface area contributed by atoms with Gasteiger partial charge in [0.2, 0.25) is 5.91 Å². The number of hydrogen-bond acceptors (Lipinski definition) is 7. The Morgan fingerprint density at radius 3 is 2.77 bits per heavy atom. The van der Waals surface area contributed by atoms with Gasteiger partial charge in [-0.05, 0) is 44.5 Å². The lowest BCUT2D eigenvalue weighted by Gasteiger charge is -2.26. The molecular weight excluding hydrogens is 388 g/mol. The van der Waals surface area contributed by atoms with Gasteiger partial charge in [0.25, 0.3) is 0 Å². The molecule has 1 unspecified atom stereocenters. The zero-order valence-electron chi connectivity index (χ0n) is 17.8. The second kappa shape index (κ2) is 9.62. The molecule has 1 atom stereocenters. The molecule has 1 N–H and O–H groups in total. The summed E-state index contributed by atoms with van der Waals surface area (Å²) in [4.78, 5) is 27.0. The predicted molar refractivity (Wildman–Crippen MR) is 111 cm³/mol. The number of likely N-dealkylation sites (tertiary alicyclic amines) is 1. The molecule has 0 saturated carbocycles. The van der Waals surface area contributed by atoms with E-state index in [4.69, 9.17) is 14.2 Å². The lowest BCUT2D eigenvalue weighted by molar-refractivity contribution is -0.117. The predicted octanol–water partition coefficient (Wildman–Crippen LogP) is 2.39. The van der Waals surface area contributed by atoms with E-state index >= 15 is 0 Å². The van der Waals surface area contributed by atoms with Gasteiger partial charge in [0.05, 0.1) is 33.6 Å². The monoisotopic (exact) mass is 416 g/mol. The number of nitrogens with one attached hydrogen (secondary N) is 1. The number of aryl methyl sites for hydroxylation is 1. The van der Waals surface area contributed by atoms with Gasteiger partial charge in [-0.15, -0.1) is 0 Å². The van der Waals surface area contributed by atoms with E-state index in [-0.39, 0.29) is 30.7 Å². The minimum atomic E-state index is -0.513. The molecule has 0 bridgehead atoms. The highest BCUT2D eigenvalue weighted by Crippen LogP contribution is 2.38. The third-order valence-corrected chi connectivity index (χ3v) is 5.20. The highest BCUT2D eigenvalue weighted by atomic mass is 16.5. The van der Waals surface area contributed by atoms with E-state index in [0.29, 0.717) is 5.82 Å². The third-order valence-electron chi connectivity index (χ3n) is 5.20. The average molecular weight is 416 g/mol. The van der Waals surface area contributed by atoms with Gasteiger partial charge in [-0.1, -0.05) is 0 Å². The normalized spacial score (nSPS) is 16.3. The SMILES string of the molecule is CCOC(=O)c1cnn(C)c1NC(=O)CN1CCCC1c1cc(OC)ccc1OC. The summed E-state index contributed by atoms with van der Waals surface area (Å²) in [6.07, 6.45) is 3.28. The van der Waals surface area contributed by atoms with Crippen molar-refractivity contribution in [1.82, 2.24) is 14.7 Å². The molecule has 9 nitrogen and oxygen atoms in total. The van der Waals surface area contributed by atoms with Crippen LogP contribution in [0, 0.1) is 0 Å². The molecular formula is C21H28N4O5. The number of nitrogens with zero attached hydrogens (tertiary/aromatic N) is 3. The zero-order valence-corrected chi connectivity index (χ0v) is 17.8. The van der Waals surface area contributed by atoms with Crippen LogP contribution in [0.1, 0.15) is 41.7 Å². The summed E-state index contributed by atoms with van der Waals surface area (Å²) in [5.41, 5.74) is 1.23. The summed E-state index contributed by atoms with van der Waals surface area (Å²) < 4.78 is 17.4. The first-order chi connectivity index (χ1) is 14.5. The van der Waals surface area contributed by atoms with Crippen molar-refractivity contribution in [3.05, 3.63) is 35.5 Å². The quantitative estimate of drug-likeness (QED) is 0.660. The summed E-state index contributed by atoms with van der Waals surface area (Å²) in [6, 6.07) is 5.73. The van der Waals surface area contributed by atoms with Gasteiger partial charge in [-0.3, -0.25) is 14.4 Å². The van der Waals surface area contributed by atoms with Crippen molar-refractivity contribution in [2.24, 2.45) is 7.05 Å². The van der Waals surface area contributed by atoms with Crippen molar-refractivity contribution in [2.75, 3.05) is 39.2 Å². The summed E-state index contributed by atoms with van der Waals surface area (Å²) in [6.45, 7) is 2.94. The number of rotatable bonds is 8. The second-order valence-electron chi connectivity index (χ2n) is 7.04. The Kier molecular flexibility index (Phi) is 6.94. The van der Waals surface area contributed by atoms with Gasteiger partial charge in [-0.2, -0.15) is 5.10 Å². The molecule has 1 amide bonds. The fourth-order valence-electron chi connectivity index (χ4n) is 3.77. The number of carbonyl (C=O) groups is 2. The molecule has 30 heavy (non-hydrogen) atoms. The van der Waals surface area contributed by atoms with Crippen LogP contribution in [-0.4, -0.2) is 60.5 Å². The molecule has 1 aliphatic rings. The van der Waals surface area contributed by atoms with Crippen molar-refractivity contribution in [3.63, 3.8) is 0 Å². The van der Waals surface area contributed by atoms with E-state index in [1.807, 2.05) is 18.2 Å². The molecule has 1 aliphatic heterocycles. The highest BCUT2D eigenvalue weighted by molar-refractivity contribution is 6.00. The van der Waals surface area contributed by atoms with Gasteiger partial charge in [0.15, 0.2) is 0 Å². The third kappa shape index (κ3) is 4.56. The zero-order chi connectivity index (χ0) is 21.7. The molecule has 1 fully saturated rings. The largest absolute Gasteiger partial charge is 0.497 e. The molecule has 0 spiro atoms. The Labute approximate surface area is 175 Å². The van der Waals surface area contributed by atoms with Crippen LogP contribution in [-0.2, 0) is 16.6 Å². The van der Waals surface area contributed by atoms with Crippen LogP contribution in [0.25, 0.3) is 0 Å². The minimum Gasteiger partial charge on any atom is -0.497 e. The van der Waals surface area contributed by atoms with Gasteiger partial charge in [0, 0.05) is 18.7 Å². The van der Waals surface area contributed by atoms with E-state index in [1.165, 1.54) is 10.9 Å². The maximum absolute atomic E-state index is 12.8. The maximum atomic E-state index is 12.8. The van der Waals surface area contributed by atoms with Crippen molar-refractivity contribution < 1.29 is 23.8 Å². The van der Waals surface area contributed by atoms with Gasteiger partial charge < -0.3 is 19.5 Å². The lowest BCUT2D eigenvalue weighted by atomic mass is 10.0. The molecule has 1 saturated heterocycles. The molecule has 1 aromatic carbocycles. The van der Waals surface area contributed by atoms with Crippen LogP contribution >= 0.6 is 0 Å². The lowest BCUT2D eigenvalue weighted by Crippen LogP contribution is -2.33. The van der Waals surface area contributed by atoms with Crippen LogP contribution in [0.4, 0.5) is 5.82 Å². The number of anilines is 1. The van der Waals surface area contributed by atoms with Crippen LogP contribution in [0.15, 0.2) is 24.4 Å². The van der Waals surface area contributed by atoms with E-state index in [0.717, 1.165) is 36.4 Å². The van der Waals surface area contributed by atoms with Crippen LogP contribution in [0.3, 0.4) is 0 Å². The summed E-state index contributed by atoms with van der Waals surface area (Å²) in [5.74, 6) is 1.10. The first kappa shape index (κ1) is 21.6. The number of methoxy groups -OCH3 is 2. The summed E-state index contributed by atoms with van der Waals surface area (Å²) >= 11 is 0. The van der Waals surface area contributed by atoms with E-state index in [9.17, 15) is 9.59 Å². The van der Waals surface area contributed by atoms with Gasteiger partial charge >= 0.3 is 5.97 Å². The molecule has 3 rings (SSSR count). The Balaban J connectivity index is 1.75. The number of aromatic nitrogens is 2. The highest BCUT2D eigenvalue weighted by Gasteiger charge is 2.30.